The Morgan fingerprint density at radius 1 is 1.03 bits per heavy atom. The molecule has 8 heteroatoms. The topological polar surface area (TPSA) is 70.7 Å². The minimum Gasteiger partial charge on any atom is -0.465 e. The molecule has 0 saturated carbocycles. The van der Waals surface area contributed by atoms with E-state index in [1.165, 1.54) is 25.4 Å². The first-order valence-corrected chi connectivity index (χ1v) is 10.7. The predicted octanol–water partition coefficient (Wildman–Crippen LogP) is 5.30. The average Bonchev–Trinajstić information content (AvgIpc) is 3.09. The number of hydrogen-bond acceptors (Lipinski definition) is 5. The van der Waals surface area contributed by atoms with Crippen molar-refractivity contribution in [1.29, 1.82) is 0 Å². The first-order chi connectivity index (χ1) is 14.8. The lowest BCUT2D eigenvalue weighted by atomic mass is 10.0. The standard InChI is InChI=1S/C23H23N3O3S2/c1-14-19(16-8-6-5-7-9-16)20(22(28)29-4)21(31-14)25-23(30)24-17-10-12-18(13-11-17)26(3)15(2)27/h5-13H,1-4H3,(H2,24,25,30). The van der Waals surface area contributed by atoms with Crippen LogP contribution in [-0.2, 0) is 9.53 Å². The quantitative estimate of drug-likeness (QED) is 0.403. The van der Waals surface area contributed by atoms with Crippen LogP contribution in [0.15, 0.2) is 54.6 Å². The van der Waals surface area contributed by atoms with Gasteiger partial charge in [0.2, 0.25) is 5.91 Å². The molecule has 1 heterocycles. The van der Waals surface area contributed by atoms with Crippen molar-refractivity contribution < 1.29 is 14.3 Å². The summed E-state index contributed by atoms with van der Waals surface area (Å²) >= 11 is 6.91. The van der Waals surface area contributed by atoms with Crippen LogP contribution in [0.4, 0.5) is 16.4 Å². The number of aryl methyl sites for hydroxylation is 1. The fraction of sp³-hybridized carbons (Fsp3) is 0.174. The highest BCUT2D eigenvalue weighted by Crippen LogP contribution is 2.40. The Labute approximate surface area is 190 Å². The molecule has 0 fully saturated rings. The lowest BCUT2D eigenvalue weighted by Gasteiger charge is -2.16. The molecular weight excluding hydrogens is 430 g/mol. The number of esters is 1. The van der Waals surface area contributed by atoms with E-state index in [-0.39, 0.29) is 5.91 Å². The zero-order chi connectivity index (χ0) is 22.5. The molecule has 1 amide bonds. The Bertz CT molecular complexity index is 1110. The lowest BCUT2D eigenvalue weighted by Crippen LogP contribution is -2.23. The van der Waals surface area contributed by atoms with E-state index in [2.05, 4.69) is 10.6 Å². The number of amides is 1. The van der Waals surface area contributed by atoms with Gasteiger partial charge in [0.1, 0.15) is 10.6 Å². The van der Waals surface area contributed by atoms with Crippen LogP contribution in [0.1, 0.15) is 22.2 Å². The number of rotatable bonds is 5. The third kappa shape index (κ3) is 5.10. The molecule has 2 aromatic carbocycles. The maximum Gasteiger partial charge on any atom is 0.341 e. The zero-order valence-corrected chi connectivity index (χ0v) is 19.3. The number of hydrogen-bond donors (Lipinski definition) is 2. The Hall–Kier alpha value is -3.23. The minimum atomic E-state index is -0.426. The summed E-state index contributed by atoms with van der Waals surface area (Å²) in [6, 6.07) is 17.0. The molecule has 160 valence electrons. The fourth-order valence-electron chi connectivity index (χ4n) is 3.10. The van der Waals surface area contributed by atoms with Crippen molar-refractivity contribution in [2.45, 2.75) is 13.8 Å². The highest BCUT2D eigenvalue weighted by atomic mass is 32.1. The van der Waals surface area contributed by atoms with Gasteiger partial charge in [0.05, 0.1) is 7.11 Å². The summed E-state index contributed by atoms with van der Waals surface area (Å²) in [7, 11) is 3.08. The van der Waals surface area contributed by atoms with E-state index in [1.54, 1.807) is 11.9 Å². The lowest BCUT2D eigenvalue weighted by molar-refractivity contribution is -0.116. The number of thiophene rings is 1. The summed E-state index contributed by atoms with van der Waals surface area (Å²) in [6.07, 6.45) is 0. The second-order valence-corrected chi connectivity index (χ2v) is 8.43. The van der Waals surface area contributed by atoms with Crippen molar-refractivity contribution in [2.24, 2.45) is 0 Å². The van der Waals surface area contributed by atoms with Crippen molar-refractivity contribution in [2.75, 3.05) is 29.7 Å². The average molecular weight is 454 g/mol. The van der Waals surface area contributed by atoms with Gasteiger partial charge >= 0.3 is 5.97 Å². The van der Waals surface area contributed by atoms with Crippen molar-refractivity contribution in [1.82, 2.24) is 0 Å². The van der Waals surface area contributed by atoms with Crippen LogP contribution in [0, 0.1) is 6.92 Å². The Kier molecular flexibility index (Phi) is 7.04. The number of ether oxygens (including phenoxy) is 1. The molecule has 0 atom stereocenters. The third-order valence-corrected chi connectivity index (χ3v) is 5.97. The number of carbonyl (C=O) groups is 2. The van der Waals surface area contributed by atoms with Crippen LogP contribution >= 0.6 is 23.6 Å². The molecule has 3 rings (SSSR count). The van der Waals surface area contributed by atoms with Crippen molar-refractivity contribution >= 4 is 56.9 Å². The van der Waals surface area contributed by atoms with E-state index < -0.39 is 5.97 Å². The number of benzene rings is 2. The second-order valence-electron chi connectivity index (χ2n) is 6.80. The minimum absolute atomic E-state index is 0.0458. The van der Waals surface area contributed by atoms with E-state index in [0.717, 1.165) is 27.4 Å². The van der Waals surface area contributed by atoms with E-state index in [9.17, 15) is 9.59 Å². The Morgan fingerprint density at radius 3 is 2.26 bits per heavy atom. The summed E-state index contributed by atoms with van der Waals surface area (Å²) in [6.45, 7) is 3.47. The van der Waals surface area contributed by atoms with Gasteiger partial charge in [-0.1, -0.05) is 30.3 Å². The number of anilines is 3. The van der Waals surface area contributed by atoms with Gasteiger partial charge in [0.15, 0.2) is 5.11 Å². The van der Waals surface area contributed by atoms with Gasteiger partial charge in [-0.25, -0.2) is 4.79 Å². The van der Waals surface area contributed by atoms with Crippen molar-refractivity contribution in [3.05, 3.63) is 65.0 Å². The van der Waals surface area contributed by atoms with Gasteiger partial charge in [-0.05, 0) is 49.0 Å². The van der Waals surface area contributed by atoms with E-state index >= 15 is 0 Å². The molecule has 0 aliphatic heterocycles. The van der Waals surface area contributed by atoms with E-state index in [1.807, 2.05) is 61.5 Å². The monoisotopic (exact) mass is 453 g/mol. The largest absolute Gasteiger partial charge is 0.465 e. The number of nitrogens with zero attached hydrogens (tertiary/aromatic N) is 1. The van der Waals surface area contributed by atoms with Gasteiger partial charge in [0, 0.05) is 35.8 Å². The molecule has 2 N–H and O–H groups in total. The van der Waals surface area contributed by atoms with Crippen LogP contribution < -0.4 is 15.5 Å². The molecule has 0 spiro atoms. The molecule has 0 bridgehead atoms. The van der Waals surface area contributed by atoms with Crippen LogP contribution in [0.5, 0.6) is 0 Å². The van der Waals surface area contributed by atoms with Gasteiger partial charge in [-0.3, -0.25) is 4.79 Å². The zero-order valence-electron chi connectivity index (χ0n) is 17.7. The predicted molar refractivity (Wildman–Crippen MR) is 131 cm³/mol. The van der Waals surface area contributed by atoms with Gasteiger partial charge in [-0.2, -0.15) is 0 Å². The molecule has 0 saturated heterocycles. The third-order valence-electron chi connectivity index (χ3n) is 4.75. The van der Waals surface area contributed by atoms with Gasteiger partial charge < -0.3 is 20.3 Å². The highest BCUT2D eigenvalue weighted by molar-refractivity contribution is 7.80. The summed E-state index contributed by atoms with van der Waals surface area (Å²) < 4.78 is 5.04. The Morgan fingerprint density at radius 2 is 1.68 bits per heavy atom. The molecule has 1 aromatic heterocycles. The van der Waals surface area contributed by atoms with Crippen LogP contribution in [-0.4, -0.2) is 31.1 Å². The first-order valence-electron chi connectivity index (χ1n) is 9.51. The van der Waals surface area contributed by atoms with Gasteiger partial charge in [-0.15, -0.1) is 11.3 Å². The van der Waals surface area contributed by atoms with E-state index in [0.29, 0.717) is 15.7 Å². The van der Waals surface area contributed by atoms with Crippen LogP contribution in [0.25, 0.3) is 11.1 Å². The second kappa shape index (κ2) is 9.72. The molecule has 6 nitrogen and oxygen atoms in total. The molecule has 0 radical (unpaired) electrons. The van der Waals surface area contributed by atoms with Crippen LogP contribution in [0.2, 0.25) is 0 Å². The normalized spacial score (nSPS) is 10.3. The summed E-state index contributed by atoms with van der Waals surface area (Å²) in [5, 5.41) is 7.21. The SMILES string of the molecule is COC(=O)c1c(NC(=S)Nc2ccc(N(C)C(C)=O)cc2)sc(C)c1-c1ccccc1. The van der Waals surface area contributed by atoms with Crippen molar-refractivity contribution in [3.8, 4) is 11.1 Å². The first kappa shape index (κ1) is 22.5. The smallest absolute Gasteiger partial charge is 0.341 e. The molecule has 0 aliphatic rings. The van der Waals surface area contributed by atoms with Crippen LogP contribution in [0.3, 0.4) is 0 Å². The summed E-state index contributed by atoms with van der Waals surface area (Å²) in [5.41, 5.74) is 3.77. The highest BCUT2D eigenvalue weighted by Gasteiger charge is 2.24. The number of nitrogens with one attached hydrogen (secondary N) is 2. The summed E-state index contributed by atoms with van der Waals surface area (Å²) in [5.74, 6) is -0.472. The van der Waals surface area contributed by atoms with Crippen molar-refractivity contribution in [3.63, 3.8) is 0 Å². The summed E-state index contributed by atoms with van der Waals surface area (Å²) in [4.78, 5) is 26.6. The molecule has 0 aliphatic carbocycles. The van der Waals surface area contributed by atoms with E-state index in [4.69, 9.17) is 17.0 Å². The molecular formula is C23H23N3O3S2. The number of methoxy groups -OCH3 is 1. The Balaban J connectivity index is 1.83. The molecule has 3 aromatic rings. The molecule has 31 heavy (non-hydrogen) atoms. The van der Waals surface area contributed by atoms with Gasteiger partial charge in [0.25, 0.3) is 0 Å². The molecule has 0 unspecified atom stereocenters. The fourth-order valence-corrected chi connectivity index (χ4v) is 4.45. The number of carbonyl (C=O) groups excluding carboxylic acids is 2. The maximum absolute atomic E-state index is 12.6. The maximum atomic E-state index is 12.6. The number of thiocarbonyl (C=S) groups is 1.